The zero-order valence-electron chi connectivity index (χ0n) is 26.0. The number of nitrogens with one attached hydrogen (secondary N) is 3. The van der Waals surface area contributed by atoms with Crippen LogP contribution in [-0.4, -0.2) is 64.9 Å². The van der Waals surface area contributed by atoms with Crippen LogP contribution in [0.25, 0.3) is 0 Å². The van der Waals surface area contributed by atoms with E-state index in [0.717, 1.165) is 11.1 Å². The van der Waals surface area contributed by atoms with E-state index in [1.807, 2.05) is 60.7 Å². The molecule has 1 aliphatic heterocycles. The molecule has 0 aromatic heterocycles. The molecule has 3 aromatic rings. The number of nitro benzene ring substituents is 1. The lowest BCUT2D eigenvalue weighted by atomic mass is 10.0. The molecule has 0 saturated carbocycles. The van der Waals surface area contributed by atoms with Gasteiger partial charge in [-0.05, 0) is 61.9 Å². The lowest BCUT2D eigenvalue weighted by Gasteiger charge is -2.30. The highest BCUT2D eigenvalue weighted by molar-refractivity contribution is 5.99. The van der Waals surface area contributed by atoms with E-state index in [1.54, 1.807) is 0 Å². The number of likely N-dealkylation sites (tertiary alicyclic amines) is 1. The molecule has 4 amide bonds. The van der Waals surface area contributed by atoms with E-state index < -0.39 is 46.9 Å². The average molecular weight is 645 g/mol. The topological polar surface area (TPSA) is 186 Å². The molecule has 0 spiro atoms. The molecule has 1 aliphatic rings. The number of unbranched alkanes of at least 4 members (excludes halogenated alkanes) is 1. The maximum absolute atomic E-state index is 14.0. The minimum absolute atomic E-state index is 0.0289. The van der Waals surface area contributed by atoms with Gasteiger partial charge in [-0.1, -0.05) is 60.7 Å². The molecule has 1 fully saturated rings. The Morgan fingerprint density at radius 1 is 0.894 bits per heavy atom. The predicted octanol–water partition coefficient (Wildman–Crippen LogP) is 3.68. The fourth-order valence-corrected chi connectivity index (χ4v) is 5.39. The summed E-state index contributed by atoms with van der Waals surface area (Å²) in [5.74, 6) is -1.42. The van der Waals surface area contributed by atoms with Crippen LogP contribution in [0.5, 0.6) is 0 Å². The maximum Gasteiger partial charge on any atom is 0.408 e. The van der Waals surface area contributed by atoms with Crippen LogP contribution in [0.1, 0.15) is 43.2 Å². The van der Waals surface area contributed by atoms with Gasteiger partial charge in [0.05, 0.1) is 4.92 Å². The zero-order valence-corrected chi connectivity index (χ0v) is 26.0. The molecule has 0 bridgehead atoms. The molecule has 3 atom stereocenters. The van der Waals surface area contributed by atoms with Crippen LogP contribution in [0.3, 0.4) is 0 Å². The van der Waals surface area contributed by atoms with Gasteiger partial charge in [0, 0.05) is 30.8 Å². The highest BCUT2D eigenvalue weighted by Crippen LogP contribution is 2.21. The number of nitrogens with zero attached hydrogens (tertiary/aromatic N) is 2. The second kappa shape index (κ2) is 17.4. The lowest BCUT2D eigenvalue weighted by molar-refractivity contribution is -0.384. The quantitative estimate of drug-likeness (QED) is 0.110. The van der Waals surface area contributed by atoms with Gasteiger partial charge in [0.15, 0.2) is 0 Å². The standard InChI is InChI=1S/C34H40N6O7/c35-20-8-7-14-28(31(41)36-26-16-18-27(19-17-26)40(45)46)37-32(42)30-15-9-21-39(30)33(43)29(22-24-10-3-1-4-11-24)38-34(44)47-23-25-12-5-2-6-13-25/h1-6,10-13,16-19,28-30H,7-9,14-15,20-23,35H2,(H,36,41)(H,37,42)(H,38,44)/t28-,29-,30-/m0/s1. The minimum Gasteiger partial charge on any atom is -0.445 e. The van der Waals surface area contributed by atoms with E-state index in [-0.39, 0.29) is 18.7 Å². The van der Waals surface area contributed by atoms with E-state index in [0.29, 0.717) is 50.9 Å². The van der Waals surface area contributed by atoms with Crippen molar-refractivity contribution in [2.24, 2.45) is 5.73 Å². The molecule has 0 radical (unpaired) electrons. The van der Waals surface area contributed by atoms with Crippen LogP contribution >= 0.6 is 0 Å². The second-order valence-corrected chi connectivity index (χ2v) is 11.3. The molecule has 3 aromatic carbocycles. The fourth-order valence-electron chi connectivity index (χ4n) is 5.39. The van der Waals surface area contributed by atoms with Gasteiger partial charge in [-0.15, -0.1) is 0 Å². The lowest BCUT2D eigenvalue weighted by Crippen LogP contribution is -2.56. The van der Waals surface area contributed by atoms with Gasteiger partial charge < -0.3 is 31.3 Å². The van der Waals surface area contributed by atoms with E-state index >= 15 is 0 Å². The van der Waals surface area contributed by atoms with Crippen molar-refractivity contribution in [1.82, 2.24) is 15.5 Å². The van der Waals surface area contributed by atoms with Gasteiger partial charge >= 0.3 is 6.09 Å². The van der Waals surface area contributed by atoms with Crippen molar-refractivity contribution in [2.75, 3.05) is 18.4 Å². The zero-order chi connectivity index (χ0) is 33.6. The van der Waals surface area contributed by atoms with Gasteiger partial charge in [-0.3, -0.25) is 24.5 Å². The molecule has 1 saturated heterocycles. The van der Waals surface area contributed by atoms with Crippen molar-refractivity contribution in [3.63, 3.8) is 0 Å². The average Bonchev–Trinajstić information content (AvgIpc) is 3.58. The SMILES string of the molecule is NCCCC[C@H](NC(=O)[C@@H]1CCCN1C(=O)[C@H](Cc1ccccc1)NC(=O)OCc1ccccc1)C(=O)Nc1ccc([N+](=O)[O-])cc1. The summed E-state index contributed by atoms with van der Waals surface area (Å²) in [6.45, 7) is 0.746. The Labute approximate surface area is 273 Å². The molecule has 4 rings (SSSR count). The molecule has 248 valence electrons. The van der Waals surface area contributed by atoms with Crippen LogP contribution < -0.4 is 21.7 Å². The Morgan fingerprint density at radius 3 is 2.19 bits per heavy atom. The minimum atomic E-state index is -1.00. The maximum atomic E-state index is 14.0. The summed E-state index contributed by atoms with van der Waals surface area (Å²) in [4.78, 5) is 65.6. The summed E-state index contributed by atoms with van der Waals surface area (Å²) in [5.41, 5.74) is 7.48. The Hall–Kier alpha value is -5.30. The first kappa shape index (κ1) is 34.6. The van der Waals surface area contributed by atoms with Crippen molar-refractivity contribution >= 4 is 35.2 Å². The number of benzene rings is 3. The van der Waals surface area contributed by atoms with Crippen LogP contribution in [0.4, 0.5) is 16.2 Å². The van der Waals surface area contributed by atoms with Gasteiger partial charge in [0.1, 0.15) is 24.7 Å². The number of alkyl carbamates (subject to hydrolysis) is 1. The number of non-ortho nitro benzene ring substituents is 1. The Kier molecular flexibility index (Phi) is 12.8. The summed E-state index contributed by atoms with van der Waals surface area (Å²) in [6, 6.07) is 21.0. The molecule has 0 aliphatic carbocycles. The number of hydrogen-bond donors (Lipinski definition) is 4. The summed E-state index contributed by atoms with van der Waals surface area (Å²) in [7, 11) is 0. The normalized spacial score (nSPS) is 15.3. The number of nitro groups is 1. The van der Waals surface area contributed by atoms with Crippen LogP contribution in [0.15, 0.2) is 84.9 Å². The third kappa shape index (κ3) is 10.4. The van der Waals surface area contributed by atoms with Crippen LogP contribution in [-0.2, 0) is 32.1 Å². The highest BCUT2D eigenvalue weighted by atomic mass is 16.6. The molecule has 1 heterocycles. The molecule has 47 heavy (non-hydrogen) atoms. The van der Waals surface area contributed by atoms with E-state index in [1.165, 1.54) is 29.2 Å². The molecule has 5 N–H and O–H groups in total. The second-order valence-electron chi connectivity index (χ2n) is 11.3. The molecular weight excluding hydrogens is 604 g/mol. The number of carbonyl (C=O) groups excluding carboxylic acids is 4. The Bertz CT molecular complexity index is 1500. The summed E-state index contributed by atoms with van der Waals surface area (Å²) in [6.07, 6.45) is 1.87. The van der Waals surface area contributed by atoms with E-state index in [9.17, 15) is 29.3 Å². The first-order chi connectivity index (χ1) is 22.7. The van der Waals surface area contributed by atoms with Crippen molar-refractivity contribution in [1.29, 1.82) is 0 Å². The van der Waals surface area contributed by atoms with Gasteiger partial charge in [0.2, 0.25) is 17.7 Å². The molecule has 13 heteroatoms. The smallest absolute Gasteiger partial charge is 0.408 e. The fraction of sp³-hybridized carbons (Fsp3) is 0.353. The van der Waals surface area contributed by atoms with Crippen molar-refractivity contribution < 1.29 is 28.8 Å². The van der Waals surface area contributed by atoms with Crippen LogP contribution in [0.2, 0.25) is 0 Å². The largest absolute Gasteiger partial charge is 0.445 e. The molecule has 13 nitrogen and oxygen atoms in total. The predicted molar refractivity (Wildman–Crippen MR) is 175 cm³/mol. The van der Waals surface area contributed by atoms with E-state index in [2.05, 4.69) is 16.0 Å². The van der Waals surface area contributed by atoms with Crippen molar-refractivity contribution in [3.05, 3.63) is 106 Å². The third-order valence-corrected chi connectivity index (χ3v) is 7.85. The Balaban J connectivity index is 1.45. The van der Waals surface area contributed by atoms with Crippen LogP contribution in [0, 0.1) is 10.1 Å². The number of hydrogen-bond acceptors (Lipinski definition) is 8. The first-order valence-electron chi connectivity index (χ1n) is 15.6. The number of carbonyl (C=O) groups is 4. The highest BCUT2D eigenvalue weighted by Gasteiger charge is 2.39. The van der Waals surface area contributed by atoms with E-state index in [4.69, 9.17) is 10.5 Å². The summed E-state index contributed by atoms with van der Waals surface area (Å²) >= 11 is 0. The first-order valence-corrected chi connectivity index (χ1v) is 15.6. The third-order valence-electron chi connectivity index (χ3n) is 7.85. The number of anilines is 1. The Morgan fingerprint density at radius 2 is 1.55 bits per heavy atom. The number of nitrogens with two attached hydrogens (primary N) is 1. The number of rotatable bonds is 15. The summed E-state index contributed by atoms with van der Waals surface area (Å²) in [5, 5.41) is 19.2. The van der Waals surface area contributed by atoms with Gasteiger partial charge in [0.25, 0.3) is 5.69 Å². The summed E-state index contributed by atoms with van der Waals surface area (Å²) < 4.78 is 5.39. The monoisotopic (exact) mass is 644 g/mol. The van der Waals surface area contributed by atoms with Crippen molar-refractivity contribution in [2.45, 2.75) is 63.3 Å². The van der Waals surface area contributed by atoms with Crippen molar-refractivity contribution in [3.8, 4) is 0 Å². The number of ether oxygens (including phenoxy) is 1. The number of amides is 4. The molecular formula is C34H40N6O7. The van der Waals surface area contributed by atoms with Gasteiger partial charge in [-0.25, -0.2) is 4.79 Å². The van der Waals surface area contributed by atoms with Gasteiger partial charge in [-0.2, -0.15) is 0 Å². The molecule has 0 unspecified atom stereocenters.